The Hall–Kier alpha value is -4.24. The van der Waals surface area contributed by atoms with Gasteiger partial charge in [-0.25, -0.2) is 0 Å². The molecule has 5 aromatic carbocycles. The molecule has 5 aromatic rings. The molecule has 3 nitrogen and oxygen atoms in total. The van der Waals surface area contributed by atoms with Gasteiger partial charge in [0, 0.05) is 22.3 Å². The van der Waals surface area contributed by atoms with E-state index in [0.29, 0.717) is 34.6 Å². The van der Waals surface area contributed by atoms with Crippen LogP contribution in [0.3, 0.4) is 0 Å². The normalized spacial score (nSPS) is 11.1. The lowest BCUT2D eigenvalue weighted by Crippen LogP contribution is -2.14. The number of hydrogen-bond donors (Lipinski definition) is 0. The zero-order chi connectivity index (χ0) is 24.5. The molecule has 0 N–H and O–H groups in total. The number of rotatable bonds is 6. The van der Waals surface area contributed by atoms with Crippen LogP contribution in [0.2, 0.25) is 0 Å². The maximum atomic E-state index is 14.1. The lowest BCUT2D eigenvalue weighted by atomic mass is 9.87. The molecule has 0 aromatic heterocycles. The second kappa shape index (κ2) is 9.19. The van der Waals surface area contributed by atoms with Gasteiger partial charge in [-0.15, -0.1) is 0 Å². The Labute approximate surface area is 205 Å². The average molecular weight is 459 g/mol. The van der Waals surface area contributed by atoms with Crippen molar-refractivity contribution in [3.05, 3.63) is 124 Å². The van der Waals surface area contributed by atoms with Gasteiger partial charge in [0.05, 0.1) is 6.61 Å². The first-order valence-electron chi connectivity index (χ1n) is 11.8. The molecule has 0 heterocycles. The van der Waals surface area contributed by atoms with E-state index in [1.807, 2.05) is 93.6 Å². The number of ether oxygens (including phenoxy) is 1. The van der Waals surface area contributed by atoms with Crippen molar-refractivity contribution in [2.24, 2.45) is 0 Å². The quantitative estimate of drug-likeness (QED) is 0.248. The lowest BCUT2D eigenvalue weighted by molar-refractivity contribution is 0.100. The topological polar surface area (TPSA) is 43.4 Å². The number of carbonyl (C=O) groups is 2. The van der Waals surface area contributed by atoms with Crippen LogP contribution in [0.25, 0.3) is 21.5 Å². The van der Waals surface area contributed by atoms with Crippen molar-refractivity contribution >= 4 is 33.1 Å². The van der Waals surface area contributed by atoms with E-state index in [1.54, 1.807) is 18.2 Å². The van der Waals surface area contributed by atoms with Gasteiger partial charge in [-0.1, -0.05) is 72.8 Å². The molecule has 0 fully saturated rings. The Kier molecular flexibility index (Phi) is 5.92. The van der Waals surface area contributed by atoms with Crippen molar-refractivity contribution in [2.75, 3.05) is 6.61 Å². The van der Waals surface area contributed by atoms with Crippen LogP contribution in [0.15, 0.2) is 91.0 Å². The molecule has 0 bridgehead atoms. The third-order valence-corrected chi connectivity index (χ3v) is 6.52. The molecule has 172 valence electrons. The first-order valence-corrected chi connectivity index (χ1v) is 11.8. The van der Waals surface area contributed by atoms with Crippen LogP contribution in [-0.2, 0) is 0 Å². The molecule has 0 amide bonds. The van der Waals surface area contributed by atoms with Gasteiger partial charge in [-0.3, -0.25) is 9.59 Å². The highest BCUT2D eigenvalue weighted by atomic mass is 16.5. The van der Waals surface area contributed by atoms with Gasteiger partial charge in [0.15, 0.2) is 11.6 Å². The van der Waals surface area contributed by atoms with Crippen LogP contribution in [0, 0.1) is 13.8 Å². The largest absolute Gasteiger partial charge is 0.494 e. The fraction of sp³-hybridized carbons (Fsp3) is 0.125. The van der Waals surface area contributed by atoms with Crippen LogP contribution in [0.4, 0.5) is 0 Å². The summed E-state index contributed by atoms with van der Waals surface area (Å²) in [6.45, 7) is 6.23. The summed E-state index contributed by atoms with van der Waals surface area (Å²) in [5.74, 6) is 0.227. The van der Waals surface area contributed by atoms with E-state index >= 15 is 0 Å². The van der Waals surface area contributed by atoms with E-state index in [0.717, 1.165) is 32.7 Å². The van der Waals surface area contributed by atoms with E-state index in [4.69, 9.17) is 4.74 Å². The van der Waals surface area contributed by atoms with Crippen molar-refractivity contribution in [3.8, 4) is 5.75 Å². The van der Waals surface area contributed by atoms with Gasteiger partial charge >= 0.3 is 0 Å². The first kappa shape index (κ1) is 22.5. The zero-order valence-electron chi connectivity index (χ0n) is 20.1. The highest BCUT2D eigenvalue weighted by molar-refractivity contribution is 6.25. The smallest absolute Gasteiger partial charge is 0.194 e. The summed E-state index contributed by atoms with van der Waals surface area (Å²) in [7, 11) is 0. The Morgan fingerprint density at radius 2 is 1.14 bits per heavy atom. The fourth-order valence-corrected chi connectivity index (χ4v) is 4.80. The summed E-state index contributed by atoms with van der Waals surface area (Å²) in [5.41, 5.74) is 3.71. The minimum absolute atomic E-state index is 0.163. The molecule has 0 radical (unpaired) electrons. The van der Waals surface area contributed by atoms with E-state index in [2.05, 4.69) is 0 Å². The third-order valence-electron chi connectivity index (χ3n) is 6.52. The molecular weight excluding hydrogens is 432 g/mol. The maximum absolute atomic E-state index is 14.1. The molecule has 5 rings (SSSR count). The summed E-state index contributed by atoms with van der Waals surface area (Å²) < 4.78 is 5.72. The molecule has 0 saturated carbocycles. The van der Waals surface area contributed by atoms with Crippen molar-refractivity contribution < 1.29 is 14.3 Å². The van der Waals surface area contributed by atoms with Gasteiger partial charge in [-0.05, 0) is 71.6 Å². The molecule has 0 spiro atoms. The van der Waals surface area contributed by atoms with Gasteiger partial charge in [-0.2, -0.15) is 0 Å². The van der Waals surface area contributed by atoms with Crippen LogP contribution >= 0.6 is 0 Å². The lowest BCUT2D eigenvalue weighted by Gasteiger charge is -2.16. The molecule has 0 aliphatic carbocycles. The molecule has 0 atom stereocenters. The standard InChI is InChI=1S/C32H26O3/c1-4-35-24-17-18-27(31(33)29-20(2)13-15-22-9-5-7-11-25(22)29)28(19-24)32(34)30-21(3)14-16-23-10-6-8-12-26(23)30/h5-19H,4H2,1-3H3. The minimum atomic E-state index is -0.179. The van der Waals surface area contributed by atoms with Crippen LogP contribution < -0.4 is 4.74 Å². The van der Waals surface area contributed by atoms with E-state index in [-0.39, 0.29) is 11.6 Å². The molecule has 0 unspecified atom stereocenters. The van der Waals surface area contributed by atoms with Gasteiger partial charge in [0.25, 0.3) is 0 Å². The van der Waals surface area contributed by atoms with Gasteiger partial charge in [0.2, 0.25) is 0 Å². The Bertz CT molecular complexity index is 1610. The highest BCUT2D eigenvalue weighted by Gasteiger charge is 2.25. The Morgan fingerprint density at radius 3 is 1.69 bits per heavy atom. The SMILES string of the molecule is CCOc1ccc(C(=O)c2c(C)ccc3ccccc23)c(C(=O)c2c(C)ccc3ccccc23)c1. The molecule has 35 heavy (non-hydrogen) atoms. The highest BCUT2D eigenvalue weighted by Crippen LogP contribution is 2.31. The number of ketones is 2. The first-order chi connectivity index (χ1) is 17.0. The summed E-state index contributed by atoms with van der Waals surface area (Å²) in [5, 5.41) is 3.73. The van der Waals surface area contributed by atoms with Crippen molar-refractivity contribution in [2.45, 2.75) is 20.8 Å². The minimum Gasteiger partial charge on any atom is -0.494 e. The number of hydrogen-bond acceptors (Lipinski definition) is 3. The molecule has 0 aliphatic heterocycles. The summed E-state index contributed by atoms with van der Waals surface area (Å²) in [4.78, 5) is 28.2. The molecule has 0 aliphatic rings. The predicted molar refractivity (Wildman–Crippen MR) is 142 cm³/mol. The zero-order valence-corrected chi connectivity index (χ0v) is 20.1. The number of aryl methyl sites for hydroxylation is 2. The maximum Gasteiger partial charge on any atom is 0.194 e. The average Bonchev–Trinajstić information content (AvgIpc) is 2.88. The number of carbonyl (C=O) groups excluding carboxylic acids is 2. The van der Waals surface area contributed by atoms with Crippen molar-refractivity contribution in [3.63, 3.8) is 0 Å². The van der Waals surface area contributed by atoms with Crippen LogP contribution in [-0.4, -0.2) is 18.2 Å². The molecule has 3 heteroatoms. The Morgan fingerprint density at radius 1 is 0.629 bits per heavy atom. The van der Waals surface area contributed by atoms with E-state index in [9.17, 15) is 9.59 Å². The van der Waals surface area contributed by atoms with Crippen molar-refractivity contribution in [1.29, 1.82) is 0 Å². The monoisotopic (exact) mass is 458 g/mol. The van der Waals surface area contributed by atoms with Gasteiger partial charge < -0.3 is 4.74 Å². The number of fused-ring (bicyclic) bond motifs is 2. The Balaban J connectivity index is 1.74. The third kappa shape index (κ3) is 4.00. The van der Waals surface area contributed by atoms with Crippen LogP contribution in [0.5, 0.6) is 5.75 Å². The summed E-state index contributed by atoms with van der Waals surface area (Å²) in [6.07, 6.45) is 0. The predicted octanol–water partition coefficient (Wildman–Crippen LogP) is 7.47. The van der Waals surface area contributed by atoms with E-state index < -0.39 is 0 Å². The number of benzene rings is 5. The summed E-state index contributed by atoms with van der Waals surface area (Å²) in [6, 6.07) is 28.8. The second-order valence-corrected chi connectivity index (χ2v) is 8.76. The molecular formula is C32H26O3. The van der Waals surface area contributed by atoms with E-state index in [1.165, 1.54) is 0 Å². The fourth-order valence-electron chi connectivity index (χ4n) is 4.80. The molecule has 0 saturated heterocycles. The second-order valence-electron chi connectivity index (χ2n) is 8.76. The van der Waals surface area contributed by atoms with Crippen molar-refractivity contribution in [1.82, 2.24) is 0 Å². The van der Waals surface area contributed by atoms with Gasteiger partial charge in [0.1, 0.15) is 5.75 Å². The van der Waals surface area contributed by atoms with Crippen LogP contribution in [0.1, 0.15) is 49.9 Å². The summed E-state index contributed by atoms with van der Waals surface area (Å²) >= 11 is 0.